The van der Waals surface area contributed by atoms with Gasteiger partial charge in [0.05, 0.1) is 17.4 Å². The Morgan fingerprint density at radius 3 is 2.42 bits per heavy atom. The van der Waals surface area contributed by atoms with Gasteiger partial charge in [0.25, 0.3) is 0 Å². The highest BCUT2D eigenvalue weighted by molar-refractivity contribution is 5.87. The van der Waals surface area contributed by atoms with Gasteiger partial charge in [0.2, 0.25) is 0 Å². The number of carbonyl (C=O) groups excluding carboxylic acids is 2. The van der Waals surface area contributed by atoms with E-state index in [9.17, 15) is 9.59 Å². The van der Waals surface area contributed by atoms with Gasteiger partial charge in [-0.2, -0.15) is 0 Å². The Hall–Kier alpha value is -2.61. The van der Waals surface area contributed by atoms with Crippen LogP contribution in [0.2, 0.25) is 0 Å². The van der Waals surface area contributed by atoms with Crippen LogP contribution in [-0.2, 0) is 22.4 Å². The summed E-state index contributed by atoms with van der Waals surface area (Å²) in [4.78, 5) is 31.6. The highest BCUT2D eigenvalue weighted by atomic mass is 16.6. The number of rotatable bonds is 6. The first-order valence-corrected chi connectivity index (χ1v) is 11.5. The van der Waals surface area contributed by atoms with E-state index in [1.165, 1.54) is 0 Å². The summed E-state index contributed by atoms with van der Waals surface area (Å²) in [6, 6.07) is 0.0389. The van der Waals surface area contributed by atoms with Crippen molar-refractivity contribution in [2.24, 2.45) is 0 Å². The van der Waals surface area contributed by atoms with E-state index in [2.05, 4.69) is 23.8 Å². The number of nitrogens with one attached hydrogen (secondary N) is 2. The summed E-state index contributed by atoms with van der Waals surface area (Å²) in [5.74, 6) is 0. The van der Waals surface area contributed by atoms with Gasteiger partial charge in [0, 0.05) is 31.9 Å². The minimum Gasteiger partial charge on any atom is -0.444 e. The van der Waals surface area contributed by atoms with Crippen molar-refractivity contribution in [3.63, 3.8) is 0 Å². The minimum atomic E-state index is -0.634. The first-order valence-electron chi connectivity index (χ1n) is 11.5. The number of aromatic nitrogens is 1. The van der Waals surface area contributed by atoms with Crippen LogP contribution in [0.5, 0.6) is 0 Å². The van der Waals surface area contributed by atoms with E-state index in [0.717, 1.165) is 30.5 Å². The molecular formula is C25H39N4O4. The second-order valence-corrected chi connectivity index (χ2v) is 10.3. The molecule has 0 saturated carbocycles. The zero-order valence-corrected chi connectivity index (χ0v) is 21.1. The highest BCUT2D eigenvalue weighted by Gasteiger charge is 2.29. The Balaban J connectivity index is 2.37. The summed E-state index contributed by atoms with van der Waals surface area (Å²) in [6.07, 6.45) is 7.31. The van der Waals surface area contributed by atoms with Gasteiger partial charge in [-0.05, 0) is 73.3 Å². The van der Waals surface area contributed by atoms with Crippen molar-refractivity contribution in [1.29, 1.82) is 0 Å². The molecule has 2 amide bonds. The fraction of sp³-hybridized carbons (Fsp3) is 0.600. The number of allylic oxidation sites excluding steroid dienone is 1. The third-order valence-corrected chi connectivity index (χ3v) is 4.98. The molecule has 33 heavy (non-hydrogen) atoms. The van der Waals surface area contributed by atoms with Gasteiger partial charge in [-0.15, -0.1) is 0 Å². The third-order valence-electron chi connectivity index (χ3n) is 4.98. The molecule has 0 fully saturated rings. The predicted molar refractivity (Wildman–Crippen MR) is 130 cm³/mol. The summed E-state index contributed by atoms with van der Waals surface area (Å²) in [7, 11) is 4.21. The fourth-order valence-corrected chi connectivity index (χ4v) is 3.66. The van der Waals surface area contributed by atoms with E-state index in [-0.39, 0.29) is 12.6 Å². The SMILES string of the molecule is [CH2]N(CC=CC)[C@H]1CCCc2c1ncc(CNC(=O)OC(C)(C)C)c2NC(=O)OC(C)(C)C. The van der Waals surface area contributed by atoms with Crippen molar-refractivity contribution in [3.8, 4) is 0 Å². The van der Waals surface area contributed by atoms with Gasteiger partial charge in [-0.3, -0.25) is 15.2 Å². The van der Waals surface area contributed by atoms with E-state index in [1.54, 1.807) is 27.0 Å². The van der Waals surface area contributed by atoms with E-state index < -0.39 is 23.4 Å². The zero-order valence-electron chi connectivity index (χ0n) is 21.1. The topological polar surface area (TPSA) is 92.8 Å². The Labute approximate surface area is 198 Å². The Morgan fingerprint density at radius 2 is 1.82 bits per heavy atom. The summed E-state index contributed by atoms with van der Waals surface area (Å²) >= 11 is 0. The van der Waals surface area contributed by atoms with Crippen molar-refractivity contribution in [2.45, 2.75) is 91.5 Å². The van der Waals surface area contributed by atoms with Gasteiger partial charge in [-0.1, -0.05) is 12.2 Å². The number of anilines is 1. The predicted octanol–water partition coefficient (Wildman–Crippen LogP) is 5.50. The average molecular weight is 460 g/mol. The largest absolute Gasteiger partial charge is 0.444 e. The molecule has 2 N–H and O–H groups in total. The quantitative estimate of drug-likeness (QED) is 0.546. The molecule has 1 aliphatic carbocycles. The number of pyridine rings is 1. The number of hydrogen-bond donors (Lipinski definition) is 2. The maximum absolute atomic E-state index is 12.7. The number of alkyl carbamates (subject to hydrolysis) is 1. The molecule has 1 aromatic rings. The van der Waals surface area contributed by atoms with E-state index >= 15 is 0 Å². The van der Waals surface area contributed by atoms with Crippen LogP contribution in [-0.4, -0.2) is 39.8 Å². The van der Waals surface area contributed by atoms with E-state index in [1.807, 2.05) is 38.7 Å². The molecule has 0 saturated heterocycles. The molecule has 183 valence electrons. The maximum Gasteiger partial charge on any atom is 0.412 e. The summed E-state index contributed by atoms with van der Waals surface area (Å²) < 4.78 is 10.8. The van der Waals surface area contributed by atoms with E-state index in [0.29, 0.717) is 17.8 Å². The minimum absolute atomic E-state index is 0.0389. The number of ether oxygens (including phenoxy) is 2. The monoisotopic (exact) mass is 459 g/mol. The lowest BCUT2D eigenvalue weighted by Crippen LogP contribution is -2.33. The normalized spacial score (nSPS) is 16.5. The molecule has 1 aromatic heterocycles. The second kappa shape index (κ2) is 11.0. The summed E-state index contributed by atoms with van der Waals surface area (Å²) in [5.41, 5.74) is 1.94. The van der Waals surface area contributed by atoms with Crippen molar-refractivity contribution < 1.29 is 19.1 Å². The molecule has 2 rings (SSSR count). The fourth-order valence-electron chi connectivity index (χ4n) is 3.66. The van der Waals surface area contributed by atoms with Gasteiger partial charge in [0.1, 0.15) is 11.2 Å². The van der Waals surface area contributed by atoms with Crippen LogP contribution in [0.4, 0.5) is 15.3 Å². The molecular weight excluding hydrogens is 420 g/mol. The van der Waals surface area contributed by atoms with Crippen molar-refractivity contribution in [3.05, 3.63) is 42.2 Å². The van der Waals surface area contributed by atoms with Crippen molar-refractivity contribution in [2.75, 3.05) is 11.9 Å². The molecule has 8 heteroatoms. The Kier molecular flexibility index (Phi) is 8.89. The summed E-state index contributed by atoms with van der Waals surface area (Å²) in [5, 5.41) is 5.68. The lowest BCUT2D eigenvalue weighted by atomic mass is 9.88. The molecule has 0 spiro atoms. The Bertz CT molecular complexity index is 868. The smallest absolute Gasteiger partial charge is 0.412 e. The van der Waals surface area contributed by atoms with Gasteiger partial charge < -0.3 is 14.8 Å². The molecule has 0 aliphatic heterocycles. The summed E-state index contributed by atoms with van der Waals surface area (Å²) in [6.45, 7) is 13.7. The van der Waals surface area contributed by atoms with Crippen LogP contribution in [0.3, 0.4) is 0 Å². The number of amides is 2. The van der Waals surface area contributed by atoms with Crippen LogP contribution in [0.1, 0.15) is 84.2 Å². The standard InChI is InChI=1S/C25H39N4O4/c1-9-10-14-29(8)19-13-11-12-18-20(28-23(31)33-25(5,6)7)17(15-26-21(18)19)16-27-22(30)32-24(2,3)4/h9-10,15,19H,8,11-14,16H2,1-7H3,(H,27,30)(H,26,28,31)/t19-/m0/s1. The van der Waals surface area contributed by atoms with Crippen LogP contribution in [0.15, 0.2) is 18.3 Å². The Morgan fingerprint density at radius 1 is 1.18 bits per heavy atom. The number of fused-ring (bicyclic) bond motifs is 1. The number of nitrogens with zero attached hydrogens (tertiary/aromatic N) is 2. The van der Waals surface area contributed by atoms with Crippen LogP contribution >= 0.6 is 0 Å². The molecule has 1 radical (unpaired) electrons. The number of hydrogen-bond acceptors (Lipinski definition) is 6. The molecule has 1 heterocycles. The lowest BCUT2D eigenvalue weighted by molar-refractivity contribution is 0.0523. The zero-order chi connectivity index (χ0) is 24.8. The van der Waals surface area contributed by atoms with Crippen molar-refractivity contribution in [1.82, 2.24) is 15.2 Å². The van der Waals surface area contributed by atoms with Gasteiger partial charge in [-0.25, -0.2) is 9.59 Å². The van der Waals surface area contributed by atoms with Gasteiger partial charge >= 0.3 is 12.2 Å². The molecule has 1 atom stereocenters. The second-order valence-electron chi connectivity index (χ2n) is 10.3. The molecule has 0 bridgehead atoms. The van der Waals surface area contributed by atoms with Crippen LogP contribution in [0, 0.1) is 7.05 Å². The van der Waals surface area contributed by atoms with Gasteiger partial charge in [0.15, 0.2) is 0 Å². The van der Waals surface area contributed by atoms with Crippen molar-refractivity contribution >= 4 is 17.9 Å². The van der Waals surface area contributed by atoms with E-state index in [4.69, 9.17) is 14.5 Å². The molecule has 8 nitrogen and oxygen atoms in total. The third kappa shape index (κ3) is 8.35. The maximum atomic E-state index is 12.7. The first kappa shape index (κ1) is 26.6. The number of carbonyl (C=O) groups is 2. The average Bonchev–Trinajstić information content (AvgIpc) is 2.68. The molecule has 1 aliphatic rings. The lowest BCUT2D eigenvalue weighted by Gasteiger charge is -2.33. The van der Waals surface area contributed by atoms with Crippen LogP contribution in [0.25, 0.3) is 0 Å². The van der Waals surface area contributed by atoms with Crippen LogP contribution < -0.4 is 10.6 Å². The highest BCUT2D eigenvalue weighted by Crippen LogP contribution is 2.38. The molecule has 0 aromatic carbocycles. The molecule has 0 unspecified atom stereocenters. The first-order chi connectivity index (χ1) is 15.3.